The van der Waals surface area contributed by atoms with E-state index in [-0.39, 0.29) is 46.8 Å². The number of amides is 2. The molecular formula is C19H25N3O3. The molecule has 2 amide bonds. The highest BCUT2D eigenvalue weighted by Crippen LogP contribution is 2.53. The fraction of sp³-hybridized carbons (Fsp3) is 0.632. The molecule has 1 aromatic rings. The molecule has 25 heavy (non-hydrogen) atoms. The molecule has 0 spiro atoms. The SMILES string of the molecule is CC(=O)N1C[C@@H]2C[C@@]3(C)[C@H](CCCC[C@@H]13)N2C(=O)c1ncccc1O. The minimum atomic E-state index is -0.206. The van der Waals surface area contributed by atoms with Gasteiger partial charge in [-0.2, -0.15) is 0 Å². The van der Waals surface area contributed by atoms with E-state index in [1.807, 2.05) is 9.80 Å². The minimum Gasteiger partial charge on any atom is -0.505 e. The standard InChI is InChI=1S/C19H25N3O3/c1-12(23)21-11-13-10-19(2)15(21)7-3-4-8-16(19)22(13)18(25)17-14(24)6-5-9-20-17/h5-6,9,13,15-16,24H,3-4,7-8,10-11H2,1-2H3/t13-,15+,16-,19+/m0/s1. The van der Waals surface area contributed by atoms with Gasteiger partial charge in [0.2, 0.25) is 5.91 Å². The number of aromatic nitrogens is 1. The molecule has 1 saturated carbocycles. The second kappa shape index (κ2) is 5.71. The molecule has 1 N–H and O–H groups in total. The highest BCUT2D eigenvalue weighted by molar-refractivity contribution is 5.95. The van der Waals surface area contributed by atoms with Gasteiger partial charge in [-0.05, 0) is 31.4 Å². The van der Waals surface area contributed by atoms with E-state index in [0.717, 1.165) is 32.1 Å². The van der Waals surface area contributed by atoms with Crippen molar-refractivity contribution < 1.29 is 14.7 Å². The summed E-state index contributed by atoms with van der Waals surface area (Å²) in [6.45, 7) is 4.46. The largest absolute Gasteiger partial charge is 0.505 e. The number of rotatable bonds is 1. The molecule has 1 aliphatic carbocycles. The Morgan fingerprint density at radius 2 is 2.00 bits per heavy atom. The van der Waals surface area contributed by atoms with E-state index in [1.165, 1.54) is 12.3 Å². The molecule has 2 bridgehead atoms. The Kier molecular flexibility index (Phi) is 3.74. The van der Waals surface area contributed by atoms with Crippen LogP contribution in [0.4, 0.5) is 0 Å². The molecule has 4 atom stereocenters. The number of hydrogen-bond donors (Lipinski definition) is 1. The first kappa shape index (κ1) is 16.4. The van der Waals surface area contributed by atoms with Crippen molar-refractivity contribution in [1.82, 2.24) is 14.8 Å². The monoisotopic (exact) mass is 343 g/mol. The van der Waals surface area contributed by atoms with E-state index in [1.54, 1.807) is 13.0 Å². The zero-order valence-electron chi connectivity index (χ0n) is 14.8. The molecule has 6 heteroatoms. The molecule has 2 saturated heterocycles. The number of fused-ring (bicyclic) bond motifs is 1. The van der Waals surface area contributed by atoms with E-state index in [2.05, 4.69) is 11.9 Å². The third-order valence-electron chi connectivity index (χ3n) is 6.54. The smallest absolute Gasteiger partial charge is 0.276 e. The fourth-order valence-corrected chi connectivity index (χ4v) is 5.50. The summed E-state index contributed by atoms with van der Waals surface area (Å²) < 4.78 is 0. The van der Waals surface area contributed by atoms with E-state index in [0.29, 0.717) is 6.54 Å². The van der Waals surface area contributed by atoms with Crippen LogP contribution in [0.15, 0.2) is 18.3 Å². The van der Waals surface area contributed by atoms with Gasteiger partial charge in [-0.3, -0.25) is 9.59 Å². The average Bonchev–Trinajstić information content (AvgIpc) is 2.69. The first-order valence-electron chi connectivity index (χ1n) is 9.17. The Labute approximate surface area is 147 Å². The topological polar surface area (TPSA) is 73.7 Å². The number of carbonyl (C=O) groups excluding carboxylic acids is 2. The lowest BCUT2D eigenvalue weighted by molar-refractivity contribution is -0.136. The summed E-state index contributed by atoms with van der Waals surface area (Å²) in [6.07, 6.45) is 6.57. The van der Waals surface area contributed by atoms with Crippen molar-refractivity contribution in [2.45, 2.75) is 64.1 Å². The van der Waals surface area contributed by atoms with Gasteiger partial charge in [0, 0.05) is 37.2 Å². The Bertz CT molecular complexity index is 722. The van der Waals surface area contributed by atoms with Gasteiger partial charge in [0.25, 0.3) is 5.91 Å². The molecule has 3 heterocycles. The maximum absolute atomic E-state index is 13.2. The van der Waals surface area contributed by atoms with Gasteiger partial charge in [-0.15, -0.1) is 0 Å². The van der Waals surface area contributed by atoms with Gasteiger partial charge < -0.3 is 14.9 Å². The molecule has 2 aliphatic heterocycles. The average molecular weight is 343 g/mol. The van der Waals surface area contributed by atoms with Crippen molar-refractivity contribution >= 4 is 11.8 Å². The lowest BCUT2D eigenvalue weighted by atomic mass is 9.71. The minimum absolute atomic E-state index is 0.00200. The van der Waals surface area contributed by atoms with Gasteiger partial charge in [0.1, 0.15) is 5.75 Å². The summed E-state index contributed by atoms with van der Waals surface area (Å²) in [4.78, 5) is 33.5. The Morgan fingerprint density at radius 1 is 1.28 bits per heavy atom. The Hall–Kier alpha value is -2.11. The zero-order valence-corrected chi connectivity index (χ0v) is 14.8. The molecule has 4 rings (SSSR count). The van der Waals surface area contributed by atoms with Crippen LogP contribution in [0.5, 0.6) is 5.75 Å². The van der Waals surface area contributed by atoms with Crippen LogP contribution >= 0.6 is 0 Å². The number of likely N-dealkylation sites (tertiary alicyclic amines) is 2. The van der Waals surface area contributed by atoms with Crippen LogP contribution in [0, 0.1) is 5.41 Å². The molecular weight excluding hydrogens is 318 g/mol. The van der Waals surface area contributed by atoms with Crippen molar-refractivity contribution in [1.29, 1.82) is 0 Å². The molecule has 3 fully saturated rings. The van der Waals surface area contributed by atoms with Crippen molar-refractivity contribution in [3.05, 3.63) is 24.0 Å². The first-order chi connectivity index (χ1) is 11.9. The molecule has 0 radical (unpaired) electrons. The van der Waals surface area contributed by atoms with Crippen molar-refractivity contribution in [2.24, 2.45) is 5.41 Å². The fourth-order valence-electron chi connectivity index (χ4n) is 5.50. The molecule has 1 aromatic heterocycles. The van der Waals surface area contributed by atoms with Gasteiger partial charge in [0.15, 0.2) is 5.69 Å². The highest BCUT2D eigenvalue weighted by Gasteiger charge is 2.60. The number of carbonyl (C=O) groups is 2. The van der Waals surface area contributed by atoms with Crippen LogP contribution < -0.4 is 0 Å². The van der Waals surface area contributed by atoms with Crippen molar-refractivity contribution in [2.75, 3.05) is 6.54 Å². The number of piperidine rings is 1. The van der Waals surface area contributed by atoms with Crippen molar-refractivity contribution in [3.63, 3.8) is 0 Å². The van der Waals surface area contributed by atoms with Crippen molar-refractivity contribution in [3.8, 4) is 5.75 Å². The number of aromatic hydroxyl groups is 1. The van der Waals surface area contributed by atoms with E-state index < -0.39 is 0 Å². The molecule has 0 aromatic carbocycles. The van der Waals surface area contributed by atoms with Gasteiger partial charge in [-0.1, -0.05) is 19.8 Å². The zero-order chi connectivity index (χ0) is 17.8. The predicted molar refractivity (Wildman–Crippen MR) is 92.0 cm³/mol. The second-order valence-corrected chi connectivity index (χ2v) is 7.93. The van der Waals surface area contributed by atoms with Crippen LogP contribution in [-0.4, -0.2) is 56.4 Å². The third kappa shape index (κ3) is 2.34. The molecule has 3 aliphatic rings. The first-order valence-corrected chi connectivity index (χ1v) is 9.17. The maximum Gasteiger partial charge on any atom is 0.276 e. The number of nitrogens with zero attached hydrogens (tertiary/aromatic N) is 3. The lowest BCUT2D eigenvalue weighted by Gasteiger charge is -2.46. The highest BCUT2D eigenvalue weighted by atomic mass is 16.3. The second-order valence-electron chi connectivity index (χ2n) is 7.93. The molecule has 6 nitrogen and oxygen atoms in total. The Balaban J connectivity index is 1.76. The van der Waals surface area contributed by atoms with Crippen LogP contribution in [0.25, 0.3) is 0 Å². The van der Waals surface area contributed by atoms with E-state index >= 15 is 0 Å². The van der Waals surface area contributed by atoms with Crippen LogP contribution in [0.2, 0.25) is 0 Å². The molecule has 134 valence electrons. The van der Waals surface area contributed by atoms with Crippen LogP contribution in [0.1, 0.15) is 56.4 Å². The number of pyridine rings is 1. The quantitative estimate of drug-likeness (QED) is 0.848. The van der Waals surface area contributed by atoms with E-state index in [9.17, 15) is 14.7 Å². The Morgan fingerprint density at radius 3 is 2.68 bits per heavy atom. The summed E-state index contributed by atoms with van der Waals surface area (Å²) >= 11 is 0. The summed E-state index contributed by atoms with van der Waals surface area (Å²) in [5, 5.41) is 10.1. The predicted octanol–water partition coefficient (Wildman–Crippen LogP) is 2.18. The summed E-state index contributed by atoms with van der Waals surface area (Å²) in [6, 6.07) is 3.42. The summed E-state index contributed by atoms with van der Waals surface area (Å²) in [5.41, 5.74) is 0.0411. The van der Waals surface area contributed by atoms with Crippen LogP contribution in [0.3, 0.4) is 0 Å². The lowest BCUT2D eigenvalue weighted by Crippen LogP contribution is -2.55. The normalized spacial score (nSPS) is 33.9. The van der Waals surface area contributed by atoms with E-state index in [4.69, 9.17) is 0 Å². The van der Waals surface area contributed by atoms with Crippen LogP contribution in [-0.2, 0) is 4.79 Å². The number of hydrogen-bond acceptors (Lipinski definition) is 4. The summed E-state index contributed by atoms with van der Waals surface area (Å²) in [7, 11) is 0. The van der Waals surface area contributed by atoms with Gasteiger partial charge in [-0.25, -0.2) is 4.98 Å². The van der Waals surface area contributed by atoms with Gasteiger partial charge >= 0.3 is 0 Å². The summed E-state index contributed by atoms with van der Waals surface area (Å²) in [5.74, 6) is -0.188. The third-order valence-corrected chi connectivity index (χ3v) is 6.54. The van der Waals surface area contributed by atoms with Gasteiger partial charge in [0.05, 0.1) is 6.04 Å². The molecule has 0 unspecified atom stereocenters. The maximum atomic E-state index is 13.2.